The number of rotatable bonds is 6. The van der Waals surface area contributed by atoms with E-state index in [1.54, 1.807) is 0 Å². The second-order valence-corrected chi connectivity index (χ2v) is 5.56. The van der Waals surface area contributed by atoms with Gasteiger partial charge in [-0.1, -0.05) is 47.6 Å². The van der Waals surface area contributed by atoms with E-state index in [1.165, 1.54) is 0 Å². The van der Waals surface area contributed by atoms with Crippen LogP contribution in [0.15, 0.2) is 59.1 Å². The Balaban J connectivity index is 1.83. The van der Waals surface area contributed by atoms with Gasteiger partial charge < -0.3 is 14.7 Å². The third-order valence-corrected chi connectivity index (χ3v) is 3.49. The Morgan fingerprint density at radius 3 is 2.52 bits per heavy atom. The number of nitrogens with one attached hydrogen (secondary N) is 1. The molecule has 1 heterocycles. The predicted octanol–water partition coefficient (Wildman–Crippen LogP) is 3.38. The Morgan fingerprint density at radius 2 is 1.74 bits per heavy atom. The van der Waals surface area contributed by atoms with Crippen LogP contribution in [-0.4, -0.2) is 42.2 Å². The Kier molecular flexibility index (Phi) is 4.68. The van der Waals surface area contributed by atoms with Crippen molar-refractivity contribution in [2.75, 3.05) is 32.5 Å². The number of para-hydroxylation sites is 1. The number of anilines is 1. The minimum atomic E-state index is 0.525. The van der Waals surface area contributed by atoms with Crippen LogP contribution in [0.2, 0.25) is 0 Å². The van der Waals surface area contributed by atoms with Crippen LogP contribution in [0.3, 0.4) is 0 Å². The van der Waals surface area contributed by atoms with Crippen molar-refractivity contribution in [3.63, 3.8) is 0 Å². The van der Waals surface area contributed by atoms with Gasteiger partial charge in [-0.3, -0.25) is 0 Å². The normalized spacial score (nSPS) is 10.9. The standard InChI is InChI=1S/C18H20N4O/c1-22(2)13-12-19-16-11-7-6-10-15(16)18-20-17(21-23-18)14-8-4-3-5-9-14/h3-11,19H,12-13H2,1-2H3. The van der Waals surface area contributed by atoms with Gasteiger partial charge >= 0.3 is 0 Å². The van der Waals surface area contributed by atoms with E-state index in [4.69, 9.17) is 4.52 Å². The molecule has 0 saturated heterocycles. The number of aromatic nitrogens is 2. The van der Waals surface area contributed by atoms with Crippen molar-refractivity contribution >= 4 is 5.69 Å². The van der Waals surface area contributed by atoms with Gasteiger partial charge in [-0.25, -0.2) is 0 Å². The summed E-state index contributed by atoms with van der Waals surface area (Å²) in [6.07, 6.45) is 0. The fourth-order valence-corrected chi connectivity index (χ4v) is 2.28. The van der Waals surface area contributed by atoms with Crippen LogP contribution >= 0.6 is 0 Å². The van der Waals surface area contributed by atoms with Gasteiger partial charge in [0.15, 0.2) is 0 Å². The average Bonchev–Trinajstić information content (AvgIpc) is 3.06. The van der Waals surface area contributed by atoms with Crippen LogP contribution in [0.4, 0.5) is 5.69 Å². The number of likely N-dealkylation sites (N-methyl/N-ethyl adjacent to an activating group) is 1. The molecule has 0 aliphatic rings. The SMILES string of the molecule is CN(C)CCNc1ccccc1-c1nc(-c2ccccc2)no1. The van der Waals surface area contributed by atoms with Gasteiger partial charge in [-0.15, -0.1) is 0 Å². The van der Waals surface area contributed by atoms with Gasteiger partial charge in [-0.2, -0.15) is 4.98 Å². The molecular weight excluding hydrogens is 288 g/mol. The molecule has 0 atom stereocenters. The fraction of sp³-hybridized carbons (Fsp3) is 0.222. The monoisotopic (exact) mass is 308 g/mol. The van der Waals surface area contributed by atoms with Crippen molar-refractivity contribution in [3.05, 3.63) is 54.6 Å². The second kappa shape index (κ2) is 7.07. The fourth-order valence-electron chi connectivity index (χ4n) is 2.28. The van der Waals surface area contributed by atoms with E-state index in [2.05, 4.69) is 34.5 Å². The maximum absolute atomic E-state index is 5.46. The maximum Gasteiger partial charge on any atom is 0.260 e. The van der Waals surface area contributed by atoms with Crippen LogP contribution in [-0.2, 0) is 0 Å². The summed E-state index contributed by atoms with van der Waals surface area (Å²) in [5, 5.41) is 7.51. The first-order chi connectivity index (χ1) is 11.2. The molecule has 0 bridgehead atoms. The Labute approximate surface area is 136 Å². The zero-order valence-electron chi connectivity index (χ0n) is 13.4. The van der Waals surface area contributed by atoms with Crippen molar-refractivity contribution < 1.29 is 4.52 Å². The molecule has 3 aromatic rings. The van der Waals surface area contributed by atoms with Gasteiger partial charge in [0.25, 0.3) is 5.89 Å². The lowest BCUT2D eigenvalue weighted by Gasteiger charge is -2.12. The Hall–Kier alpha value is -2.66. The first-order valence-electron chi connectivity index (χ1n) is 7.61. The number of hydrogen-bond donors (Lipinski definition) is 1. The zero-order valence-corrected chi connectivity index (χ0v) is 13.4. The molecule has 0 saturated carbocycles. The molecule has 1 N–H and O–H groups in total. The van der Waals surface area contributed by atoms with Gasteiger partial charge in [0.05, 0.1) is 5.56 Å². The van der Waals surface area contributed by atoms with Gasteiger partial charge in [-0.05, 0) is 26.2 Å². The van der Waals surface area contributed by atoms with E-state index in [1.807, 2.05) is 54.6 Å². The highest BCUT2D eigenvalue weighted by molar-refractivity contribution is 5.73. The lowest BCUT2D eigenvalue weighted by atomic mass is 10.1. The molecule has 118 valence electrons. The average molecular weight is 308 g/mol. The molecule has 5 heteroatoms. The molecule has 5 nitrogen and oxygen atoms in total. The first kappa shape index (κ1) is 15.2. The summed E-state index contributed by atoms with van der Waals surface area (Å²) >= 11 is 0. The molecule has 0 aliphatic carbocycles. The van der Waals surface area contributed by atoms with Crippen molar-refractivity contribution in [1.82, 2.24) is 15.0 Å². The Bertz CT molecular complexity index is 752. The van der Waals surface area contributed by atoms with E-state index in [0.717, 1.165) is 29.9 Å². The third kappa shape index (κ3) is 3.76. The highest BCUT2D eigenvalue weighted by Crippen LogP contribution is 2.28. The lowest BCUT2D eigenvalue weighted by molar-refractivity contribution is 0.425. The smallest absolute Gasteiger partial charge is 0.260 e. The number of hydrogen-bond acceptors (Lipinski definition) is 5. The van der Waals surface area contributed by atoms with E-state index in [0.29, 0.717) is 11.7 Å². The van der Waals surface area contributed by atoms with Crippen LogP contribution < -0.4 is 5.32 Å². The van der Waals surface area contributed by atoms with Crippen LogP contribution in [0.5, 0.6) is 0 Å². The predicted molar refractivity (Wildman–Crippen MR) is 92.2 cm³/mol. The summed E-state index contributed by atoms with van der Waals surface area (Å²) in [5.74, 6) is 1.13. The van der Waals surface area contributed by atoms with Crippen LogP contribution in [0.25, 0.3) is 22.8 Å². The zero-order chi connectivity index (χ0) is 16.1. The summed E-state index contributed by atoms with van der Waals surface area (Å²) in [6, 6.07) is 17.8. The van der Waals surface area contributed by atoms with Crippen molar-refractivity contribution in [1.29, 1.82) is 0 Å². The molecule has 1 aromatic heterocycles. The van der Waals surface area contributed by atoms with Crippen LogP contribution in [0.1, 0.15) is 0 Å². The minimum Gasteiger partial charge on any atom is -0.383 e. The second-order valence-electron chi connectivity index (χ2n) is 5.56. The quantitative estimate of drug-likeness (QED) is 0.756. The lowest BCUT2D eigenvalue weighted by Crippen LogP contribution is -2.20. The van der Waals surface area contributed by atoms with Crippen molar-refractivity contribution in [2.24, 2.45) is 0 Å². The molecule has 0 aliphatic heterocycles. The highest BCUT2D eigenvalue weighted by Gasteiger charge is 2.13. The Morgan fingerprint density at radius 1 is 1.00 bits per heavy atom. The van der Waals surface area contributed by atoms with Gasteiger partial charge in [0.2, 0.25) is 5.82 Å². The van der Waals surface area contributed by atoms with E-state index >= 15 is 0 Å². The molecule has 23 heavy (non-hydrogen) atoms. The van der Waals surface area contributed by atoms with E-state index < -0.39 is 0 Å². The topological polar surface area (TPSA) is 54.2 Å². The number of nitrogens with zero attached hydrogens (tertiary/aromatic N) is 3. The summed E-state index contributed by atoms with van der Waals surface area (Å²) in [5.41, 5.74) is 2.86. The van der Waals surface area contributed by atoms with Crippen molar-refractivity contribution in [3.8, 4) is 22.8 Å². The van der Waals surface area contributed by atoms with E-state index in [9.17, 15) is 0 Å². The number of benzene rings is 2. The summed E-state index contributed by atoms with van der Waals surface area (Å²) < 4.78 is 5.46. The first-order valence-corrected chi connectivity index (χ1v) is 7.61. The highest BCUT2D eigenvalue weighted by atomic mass is 16.5. The third-order valence-electron chi connectivity index (χ3n) is 3.49. The maximum atomic E-state index is 5.46. The summed E-state index contributed by atoms with van der Waals surface area (Å²) in [7, 11) is 4.11. The molecule has 0 amide bonds. The van der Waals surface area contributed by atoms with E-state index in [-0.39, 0.29) is 0 Å². The summed E-state index contributed by atoms with van der Waals surface area (Å²) in [4.78, 5) is 6.66. The minimum absolute atomic E-state index is 0.525. The summed E-state index contributed by atoms with van der Waals surface area (Å²) in [6.45, 7) is 1.80. The van der Waals surface area contributed by atoms with Crippen molar-refractivity contribution in [2.45, 2.75) is 0 Å². The van der Waals surface area contributed by atoms with Crippen LogP contribution in [0, 0.1) is 0 Å². The molecule has 0 radical (unpaired) electrons. The molecule has 0 spiro atoms. The molecular formula is C18H20N4O. The molecule has 0 unspecified atom stereocenters. The van der Waals surface area contributed by atoms with Gasteiger partial charge in [0.1, 0.15) is 0 Å². The largest absolute Gasteiger partial charge is 0.383 e. The molecule has 3 rings (SSSR count). The molecule has 2 aromatic carbocycles. The van der Waals surface area contributed by atoms with Gasteiger partial charge in [0, 0.05) is 24.3 Å². The molecule has 0 fully saturated rings.